The fourth-order valence-electron chi connectivity index (χ4n) is 3.40. The van der Waals surface area contributed by atoms with Gasteiger partial charge >= 0.3 is 0 Å². The minimum absolute atomic E-state index is 0.381. The van der Waals surface area contributed by atoms with Crippen LogP contribution in [-0.4, -0.2) is 47.5 Å². The van der Waals surface area contributed by atoms with Crippen LogP contribution in [0.4, 0.5) is 23.5 Å². The van der Waals surface area contributed by atoms with Crippen LogP contribution in [0.3, 0.4) is 0 Å². The molecule has 1 fully saturated rings. The molecule has 1 aliphatic heterocycles. The van der Waals surface area contributed by atoms with Crippen molar-refractivity contribution in [2.75, 3.05) is 41.9 Å². The summed E-state index contributed by atoms with van der Waals surface area (Å²) in [7, 11) is 0. The number of nitrogens with zero attached hydrogens (tertiary/aromatic N) is 5. The molecule has 1 aliphatic rings. The first-order valence-corrected chi connectivity index (χ1v) is 11.3. The first kappa shape index (κ1) is 20.3. The van der Waals surface area contributed by atoms with E-state index in [-0.39, 0.29) is 0 Å². The SMILES string of the molecule is Cc1ccc(Nc2nc(N/N=C\c3csc4ccccc34)nc(N3CCOCC3)n2)cc1. The van der Waals surface area contributed by atoms with Gasteiger partial charge in [-0.2, -0.15) is 20.1 Å². The highest BCUT2D eigenvalue weighted by Crippen LogP contribution is 2.24. The monoisotopic (exact) mass is 445 g/mol. The molecule has 0 spiro atoms. The van der Waals surface area contributed by atoms with Gasteiger partial charge in [0.2, 0.25) is 17.8 Å². The van der Waals surface area contributed by atoms with Crippen molar-refractivity contribution in [3.63, 3.8) is 0 Å². The molecule has 3 heterocycles. The van der Waals surface area contributed by atoms with Gasteiger partial charge in [0.05, 0.1) is 19.4 Å². The lowest BCUT2D eigenvalue weighted by molar-refractivity contribution is 0.122. The number of thiophene rings is 1. The third kappa shape index (κ3) is 4.68. The number of anilines is 4. The molecule has 0 amide bonds. The number of ether oxygens (including phenoxy) is 1. The summed E-state index contributed by atoms with van der Waals surface area (Å²) in [5.74, 6) is 1.44. The maximum atomic E-state index is 5.46. The summed E-state index contributed by atoms with van der Waals surface area (Å²) < 4.78 is 6.69. The molecule has 8 nitrogen and oxygen atoms in total. The van der Waals surface area contributed by atoms with E-state index < -0.39 is 0 Å². The first-order chi connectivity index (χ1) is 15.7. The van der Waals surface area contributed by atoms with Crippen LogP contribution in [0.25, 0.3) is 10.1 Å². The van der Waals surface area contributed by atoms with Gasteiger partial charge in [0, 0.05) is 39.8 Å². The second-order valence-electron chi connectivity index (χ2n) is 7.43. The number of rotatable bonds is 6. The zero-order chi connectivity index (χ0) is 21.8. The molecule has 5 rings (SSSR count). The lowest BCUT2D eigenvalue weighted by Gasteiger charge is -2.27. The van der Waals surface area contributed by atoms with Gasteiger partial charge in [-0.05, 0) is 25.1 Å². The number of morpholine rings is 1. The molecule has 4 aromatic rings. The first-order valence-electron chi connectivity index (χ1n) is 10.4. The Kier molecular flexibility index (Phi) is 5.91. The topological polar surface area (TPSA) is 87.6 Å². The molecule has 9 heteroatoms. The quantitative estimate of drug-likeness (QED) is 0.335. The van der Waals surface area contributed by atoms with E-state index in [0.29, 0.717) is 31.1 Å². The molecule has 162 valence electrons. The van der Waals surface area contributed by atoms with E-state index in [0.717, 1.165) is 24.3 Å². The highest BCUT2D eigenvalue weighted by molar-refractivity contribution is 7.17. The lowest BCUT2D eigenvalue weighted by Crippen LogP contribution is -2.37. The number of fused-ring (bicyclic) bond motifs is 1. The normalized spacial score (nSPS) is 14.2. The molecular formula is C23H23N7OS. The molecule has 2 N–H and O–H groups in total. The Morgan fingerprint density at radius 3 is 2.62 bits per heavy atom. The summed E-state index contributed by atoms with van der Waals surface area (Å²) in [6.45, 7) is 4.83. The maximum absolute atomic E-state index is 5.46. The molecule has 2 aromatic heterocycles. The van der Waals surface area contributed by atoms with Gasteiger partial charge in [0.1, 0.15) is 0 Å². The highest BCUT2D eigenvalue weighted by atomic mass is 32.1. The van der Waals surface area contributed by atoms with E-state index in [1.54, 1.807) is 17.6 Å². The van der Waals surface area contributed by atoms with Gasteiger partial charge in [-0.3, -0.25) is 0 Å². The van der Waals surface area contributed by atoms with E-state index in [1.165, 1.54) is 15.6 Å². The molecular weight excluding hydrogens is 422 g/mol. The number of nitrogens with one attached hydrogen (secondary N) is 2. The smallest absolute Gasteiger partial charge is 0.250 e. The summed E-state index contributed by atoms with van der Waals surface area (Å²) in [6, 6.07) is 16.4. The number of aromatic nitrogens is 3. The van der Waals surface area contributed by atoms with Crippen LogP contribution >= 0.6 is 11.3 Å². The van der Waals surface area contributed by atoms with Crippen LogP contribution in [0.2, 0.25) is 0 Å². The van der Waals surface area contributed by atoms with Crippen molar-refractivity contribution >= 4 is 51.2 Å². The third-order valence-corrected chi connectivity index (χ3v) is 6.09. The van der Waals surface area contributed by atoms with Crippen LogP contribution in [0.15, 0.2) is 59.0 Å². The van der Waals surface area contributed by atoms with E-state index in [9.17, 15) is 0 Å². The van der Waals surface area contributed by atoms with Crippen LogP contribution in [0.5, 0.6) is 0 Å². The number of benzene rings is 2. The van der Waals surface area contributed by atoms with Gasteiger partial charge in [-0.15, -0.1) is 11.3 Å². The summed E-state index contributed by atoms with van der Waals surface area (Å²) in [6.07, 6.45) is 1.80. The number of hydrazone groups is 1. The van der Waals surface area contributed by atoms with E-state index in [4.69, 9.17) is 4.74 Å². The van der Waals surface area contributed by atoms with Gasteiger partial charge in [0.25, 0.3) is 0 Å². The third-order valence-electron chi connectivity index (χ3n) is 5.10. The van der Waals surface area contributed by atoms with Gasteiger partial charge in [-0.1, -0.05) is 35.9 Å². The second-order valence-corrected chi connectivity index (χ2v) is 8.34. The molecule has 0 bridgehead atoms. The number of aryl methyl sites for hydroxylation is 1. The predicted octanol–water partition coefficient (Wildman–Crippen LogP) is 4.42. The Bertz CT molecular complexity index is 1230. The molecule has 0 aliphatic carbocycles. The van der Waals surface area contributed by atoms with Crippen LogP contribution in [0, 0.1) is 6.92 Å². The minimum atomic E-state index is 0.381. The van der Waals surface area contributed by atoms with Crippen molar-refractivity contribution in [2.24, 2.45) is 5.10 Å². The Morgan fingerprint density at radius 1 is 1.00 bits per heavy atom. The van der Waals surface area contributed by atoms with Crippen molar-refractivity contribution in [1.82, 2.24) is 15.0 Å². The van der Waals surface area contributed by atoms with Crippen molar-refractivity contribution in [3.05, 3.63) is 65.0 Å². The molecule has 0 unspecified atom stereocenters. The van der Waals surface area contributed by atoms with Crippen LogP contribution in [-0.2, 0) is 4.74 Å². The minimum Gasteiger partial charge on any atom is -0.378 e. The maximum Gasteiger partial charge on any atom is 0.250 e. The highest BCUT2D eigenvalue weighted by Gasteiger charge is 2.16. The molecule has 2 aromatic carbocycles. The molecule has 1 saturated heterocycles. The largest absolute Gasteiger partial charge is 0.378 e. The standard InChI is InChI=1S/C23H23N7OS/c1-16-6-8-18(9-7-16)25-21-26-22(28-23(27-21)30-10-12-31-13-11-30)29-24-14-17-15-32-20-5-3-2-4-19(17)20/h2-9,14-15H,10-13H2,1H3,(H2,25,26,27,28,29)/b24-14-. The van der Waals surface area contributed by atoms with E-state index >= 15 is 0 Å². The van der Waals surface area contributed by atoms with Gasteiger partial charge in [0.15, 0.2) is 0 Å². The average molecular weight is 446 g/mol. The van der Waals surface area contributed by atoms with E-state index in [1.807, 2.05) is 36.4 Å². The number of hydrogen-bond acceptors (Lipinski definition) is 9. The van der Waals surface area contributed by atoms with Crippen LogP contribution < -0.4 is 15.6 Å². The summed E-state index contributed by atoms with van der Waals surface area (Å²) >= 11 is 1.70. The molecule has 0 saturated carbocycles. The van der Waals surface area contributed by atoms with E-state index in [2.05, 4.69) is 60.1 Å². The average Bonchev–Trinajstić information content (AvgIpc) is 3.24. The van der Waals surface area contributed by atoms with Crippen LogP contribution in [0.1, 0.15) is 11.1 Å². The fraction of sp³-hybridized carbons (Fsp3) is 0.217. The van der Waals surface area contributed by atoms with Gasteiger partial charge < -0.3 is 15.0 Å². The zero-order valence-electron chi connectivity index (χ0n) is 17.7. The zero-order valence-corrected chi connectivity index (χ0v) is 18.5. The molecule has 32 heavy (non-hydrogen) atoms. The summed E-state index contributed by atoms with van der Waals surface area (Å²) in [4.78, 5) is 15.8. The van der Waals surface area contributed by atoms with Crippen molar-refractivity contribution < 1.29 is 4.74 Å². The van der Waals surface area contributed by atoms with Gasteiger partial charge in [-0.25, -0.2) is 5.43 Å². The summed E-state index contributed by atoms with van der Waals surface area (Å²) in [5.41, 5.74) is 6.13. The fourth-order valence-corrected chi connectivity index (χ4v) is 4.31. The van der Waals surface area contributed by atoms with Crippen molar-refractivity contribution in [2.45, 2.75) is 6.92 Å². The Hall–Kier alpha value is -3.56. The Morgan fingerprint density at radius 2 is 1.78 bits per heavy atom. The second kappa shape index (κ2) is 9.29. The number of hydrogen-bond donors (Lipinski definition) is 2. The summed E-state index contributed by atoms with van der Waals surface area (Å²) in [5, 5.41) is 10.9. The molecule has 0 radical (unpaired) electrons. The van der Waals surface area contributed by atoms with Crippen molar-refractivity contribution in [3.8, 4) is 0 Å². The Labute approximate surface area is 190 Å². The molecule has 0 atom stereocenters. The van der Waals surface area contributed by atoms with Crippen molar-refractivity contribution in [1.29, 1.82) is 0 Å². The Balaban J connectivity index is 1.40. The lowest BCUT2D eigenvalue weighted by atomic mass is 10.2. The predicted molar refractivity (Wildman–Crippen MR) is 130 cm³/mol.